The van der Waals surface area contributed by atoms with E-state index in [1.807, 2.05) is 17.0 Å². The van der Waals surface area contributed by atoms with E-state index in [4.69, 9.17) is 0 Å². The molecule has 0 aliphatic carbocycles. The molecule has 1 N–H and O–H groups in total. The molecule has 5 nitrogen and oxygen atoms in total. The second kappa shape index (κ2) is 7.63. The molecule has 0 saturated carbocycles. The van der Waals surface area contributed by atoms with Gasteiger partial charge in [-0.3, -0.25) is 9.59 Å². The molecule has 0 aromatic heterocycles. The Morgan fingerprint density at radius 1 is 1.00 bits per heavy atom. The van der Waals surface area contributed by atoms with Crippen LogP contribution >= 0.6 is 0 Å². The minimum absolute atomic E-state index is 0.0246. The summed E-state index contributed by atoms with van der Waals surface area (Å²) in [5.74, 6) is 1.39. The summed E-state index contributed by atoms with van der Waals surface area (Å²) >= 11 is 0. The average molecular weight is 370 g/mol. The second-order valence-electron chi connectivity index (χ2n) is 8.66. The molecule has 5 heteroatoms. The van der Waals surface area contributed by atoms with E-state index < -0.39 is 5.92 Å². The number of benzene rings is 1. The van der Waals surface area contributed by atoms with Gasteiger partial charge in [0.05, 0.1) is 0 Å². The fourth-order valence-corrected chi connectivity index (χ4v) is 4.86. The molecule has 1 aromatic rings. The lowest BCUT2D eigenvalue weighted by Crippen LogP contribution is -2.41. The Hall–Kier alpha value is -1.88. The Morgan fingerprint density at radius 3 is 2.22 bits per heavy atom. The maximum atomic E-state index is 13.1. The highest BCUT2D eigenvalue weighted by molar-refractivity contribution is 6.09. The first kappa shape index (κ1) is 18.5. The maximum Gasteiger partial charge on any atom is 0.239 e. The molecule has 4 rings (SSSR count). The van der Waals surface area contributed by atoms with E-state index >= 15 is 0 Å². The Labute approximate surface area is 162 Å². The van der Waals surface area contributed by atoms with Crippen molar-refractivity contribution in [2.45, 2.75) is 39.0 Å². The van der Waals surface area contributed by atoms with Crippen molar-refractivity contribution in [2.75, 3.05) is 37.6 Å². The van der Waals surface area contributed by atoms with Crippen molar-refractivity contribution in [2.24, 2.45) is 17.8 Å². The molecule has 3 atom stereocenters. The first-order chi connectivity index (χ1) is 13.0. The molecule has 1 unspecified atom stereocenters. The predicted octanol–water partition coefficient (Wildman–Crippen LogP) is 2.62. The van der Waals surface area contributed by atoms with Gasteiger partial charge in [-0.2, -0.15) is 0 Å². The number of carbonyl (C=O) groups excluding carboxylic acids is 2. The standard InChI is InChI=1S/C22H31N3O2/c1-15(2)16-3-5-19(6-4-16)25-12-9-20(22(25)27)21(26)24-10-7-17-13-23-14-18(17)8-11-24/h3-6,15,17-18,20,23H,7-14H2,1-2H3/t17-,18+,20?. The maximum absolute atomic E-state index is 13.1. The fourth-order valence-electron chi connectivity index (χ4n) is 4.86. The third-order valence-electron chi connectivity index (χ3n) is 6.71. The van der Waals surface area contributed by atoms with Crippen LogP contribution in [-0.4, -0.2) is 49.4 Å². The van der Waals surface area contributed by atoms with E-state index in [0.29, 0.717) is 30.7 Å². The van der Waals surface area contributed by atoms with Gasteiger partial charge in [0.15, 0.2) is 0 Å². The highest BCUT2D eigenvalue weighted by atomic mass is 16.2. The molecular weight excluding hydrogens is 338 g/mol. The zero-order valence-corrected chi connectivity index (χ0v) is 16.5. The minimum Gasteiger partial charge on any atom is -0.342 e. The van der Waals surface area contributed by atoms with E-state index in [2.05, 4.69) is 31.3 Å². The van der Waals surface area contributed by atoms with Crippen LogP contribution in [0.25, 0.3) is 0 Å². The van der Waals surface area contributed by atoms with Gasteiger partial charge in [-0.15, -0.1) is 0 Å². The van der Waals surface area contributed by atoms with Gasteiger partial charge in [0, 0.05) is 25.3 Å². The summed E-state index contributed by atoms with van der Waals surface area (Å²) in [5.41, 5.74) is 2.18. The summed E-state index contributed by atoms with van der Waals surface area (Å²) < 4.78 is 0. The van der Waals surface area contributed by atoms with Gasteiger partial charge in [-0.05, 0) is 67.8 Å². The minimum atomic E-state index is -0.495. The fraction of sp³-hybridized carbons (Fsp3) is 0.636. The average Bonchev–Trinajstić information content (AvgIpc) is 3.22. The topological polar surface area (TPSA) is 52.7 Å². The SMILES string of the molecule is CC(C)c1ccc(N2CCC(C(=O)N3CC[C@@H]4CNC[C@@H]4CC3)C2=O)cc1. The molecule has 3 saturated heterocycles. The highest BCUT2D eigenvalue weighted by Gasteiger charge is 2.41. The van der Waals surface area contributed by atoms with Crippen molar-refractivity contribution in [1.82, 2.24) is 10.2 Å². The monoisotopic (exact) mass is 369 g/mol. The van der Waals surface area contributed by atoms with Crippen molar-refractivity contribution >= 4 is 17.5 Å². The van der Waals surface area contributed by atoms with Crippen LogP contribution in [0.3, 0.4) is 0 Å². The summed E-state index contributed by atoms with van der Waals surface area (Å²) in [6.07, 6.45) is 2.75. The molecule has 146 valence electrons. The molecule has 0 radical (unpaired) electrons. The van der Waals surface area contributed by atoms with Crippen LogP contribution in [-0.2, 0) is 9.59 Å². The third-order valence-corrected chi connectivity index (χ3v) is 6.71. The van der Waals surface area contributed by atoms with E-state index in [1.165, 1.54) is 5.56 Å². The van der Waals surface area contributed by atoms with Crippen molar-refractivity contribution in [3.05, 3.63) is 29.8 Å². The Balaban J connectivity index is 1.41. The third kappa shape index (κ3) is 3.62. The van der Waals surface area contributed by atoms with E-state index in [0.717, 1.165) is 44.7 Å². The number of nitrogens with zero attached hydrogens (tertiary/aromatic N) is 2. The molecule has 3 fully saturated rings. The highest BCUT2D eigenvalue weighted by Crippen LogP contribution is 2.31. The first-order valence-corrected chi connectivity index (χ1v) is 10.5. The zero-order valence-electron chi connectivity index (χ0n) is 16.5. The van der Waals surface area contributed by atoms with E-state index in [9.17, 15) is 9.59 Å². The second-order valence-corrected chi connectivity index (χ2v) is 8.66. The van der Waals surface area contributed by atoms with Crippen molar-refractivity contribution in [3.8, 4) is 0 Å². The smallest absolute Gasteiger partial charge is 0.239 e. The number of rotatable bonds is 3. The molecule has 3 aliphatic rings. The van der Waals surface area contributed by atoms with Gasteiger partial charge in [-0.25, -0.2) is 0 Å². The lowest BCUT2D eigenvalue weighted by molar-refractivity contribution is -0.139. The van der Waals surface area contributed by atoms with Crippen molar-refractivity contribution in [1.29, 1.82) is 0 Å². The van der Waals surface area contributed by atoms with Gasteiger partial charge in [0.25, 0.3) is 0 Å². The Kier molecular flexibility index (Phi) is 5.22. The summed E-state index contributed by atoms with van der Waals surface area (Å²) in [5, 5.41) is 3.47. The zero-order chi connectivity index (χ0) is 19.0. The van der Waals surface area contributed by atoms with Gasteiger partial charge >= 0.3 is 0 Å². The lowest BCUT2D eigenvalue weighted by Gasteiger charge is -2.24. The molecule has 2 amide bonds. The van der Waals surface area contributed by atoms with Gasteiger partial charge in [0.2, 0.25) is 11.8 Å². The molecule has 3 aliphatic heterocycles. The number of fused-ring (bicyclic) bond motifs is 1. The quantitative estimate of drug-likeness (QED) is 0.834. The van der Waals surface area contributed by atoms with Gasteiger partial charge < -0.3 is 15.1 Å². The number of likely N-dealkylation sites (tertiary alicyclic amines) is 1. The van der Waals surface area contributed by atoms with Gasteiger partial charge in [-0.1, -0.05) is 26.0 Å². The summed E-state index contributed by atoms with van der Waals surface area (Å²) in [6, 6.07) is 8.20. The van der Waals surface area contributed by atoms with Crippen LogP contribution in [0.5, 0.6) is 0 Å². The van der Waals surface area contributed by atoms with Crippen LogP contribution in [0.2, 0.25) is 0 Å². The molecule has 0 spiro atoms. The van der Waals surface area contributed by atoms with Crippen molar-refractivity contribution < 1.29 is 9.59 Å². The lowest BCUT2D eigenvalue weighted by atomic mass is 9.92. The normalized spacial score (nSPS) is 28.6. The Morgan fingerprint density at radius 2 is 1.63 bits per heavy atom. The van der Waals surface area contributed by atoms with E-state index in [1.54, 1.807) is 4.90 Å². The first-order valence-electron chi connectivity index (χ1n) is 10.5. The van der Waals surface area contributed by atoms with E-state index in [-0.39, 0.29) is 11.8 Å². The number of hydrogen-bond donors (Lipinski definition) is 1. The van der Waals surface area contributed by atoms with Crippen LogP contribution < -0.4 is 10.2 Å². The molecule has 3 heterocycles. The number of amides is 2. The van der Waals surface area contributed by atoms with Crippen molar-refractivity contribution in [3.63, 3.8) is 0 Å². The molecule has 1 aromatic carbocycles. The van der Waals surface area contributed by atoms with Crippen LogP contribution in [0, 0.1) is 17.8 Å². The summed E-state index contributed by atoms with van der Waals surface area (Å²) in [4.78, 5) is 29.8. The van der Waals surface area contributed by atoms with Crippen LogP contribution in [0.4, 0.5) is 5.69 Å². The number of nitrogens with one attached hydrogen (secondary N) is 1. The summed E-state index contributed by atoms with van der Waals surface area (Å²) in [6.45, 7) is 8.72. The molecule has 0 bridgehead atoms. The molecular formula is C22H31N3O2. The number of anilines is 1. The van der Waals surface area contributed by atoms with Crippen LogP contribution in [0.1, 0.15) is 44.6 Å². The number of hydrogen-bond acceptors (Lipinski definition) is 3. The summed E-state index contributed by atoms with van der Waals surface area (Å²) in [7, 11) is 0. The largest absolute Gasteiger partial charge is 0.342 e. The Bertz CT molecular complexity index is 686. The number of carbonyl (C=O) groups is 2. The predicted molar refractivity (Wildman–Crippen MR) is 107 cm³/mol. The van der Waals surface area contributed by atoms with Gasteiger partial charge in [0.1, 0.15) is 5.92 Å². The van der Waals surface area contributed by atoms with Crippen LogP contribution in [0.15, 0.2) is 24.3 Å². The molecule has 27 heavy (non-hydrogen) atoms.